The molecule has 27 heavy (non-hydrogen) atoms. The minimum absolute atomic E-state index is 0.190. The third kappa shape index (κ3) is 5.00. The minimum Gasteiger partial charge on any atom is -0.397 e. The number of rotatable bonds is 7. The SMILES string of the molecule is Nc1ccccc1N(Cc1ccccc1)C(=O)NCCCN1CCCC1=O. The molecule has 0 saturated carbocycles. The Hall–Kier alpha value is -3.02. The van der Waals surface area contributed by atoms with Gasteiger partial charge in [0.2, 0.25) is 5.91 Å². The van der Waals surface area contributed by atoms with Crippen LogP contribution in [0.2, 0.25) is 0 Å². The second-order valence-corrected chi connectivity index (χ2v) is 6.70. The molecular formula is C21H26N4O2. The Kier molecular flexibility index (Phi) is 6.30. The molecule has 3 amide bonds. The predicted octanol–water partition coefficient (Wildman–Crippen LogP) is 3.00. The summed E-state index contributed by atoms with van der Waals surface area (Å²) in [5, 5.41) is 2.96. The van der Waals surface area contributed by atoms with Gasteiger partial charge in [0, 0.05) is 26.1 Å². The zero-order chi connectivity index (χ0) is 19.1. The Morgan fingerprint density at radius 2 is 1.85 bits per heavy atom. The molecule has 1 saturated heterocycles. The Morgan fingerprint density at radius 1 is 1.11 bits per heavy atom. The predicted molar refractivity (Wildman–Crippen MR) is 107 cm³/mol. The molecule has 1 fully saturated rings. The fourth-order valence-corrected chi connectivity index (χ4v) is 3.27. The van der Waals surface area contributed by atoms with Crippen molar-refractivity contribution in [3.05, 3.63) is 60.2 Å². The number of hydrogen-bond acceptors (Lipinski definition) is 3. The van der Waals surface area contributed by atoms with E-state index in [1.165, 1.54) is 0 Å². The maximum atomic E-state index is 12.8. The van der Waals surface area contributed by atoms with Crippen molar-refractivity contribution in [2.45, 2.75) is 25.8 Å². The number of nitrogen functional groups attached to an aromatic ring is 1. The van der Waals surface area contributed by atoms with Gasteiger partial charge in [0.05, 0.1) is 17.9 Å². The minimum atomic E-state index is -0.190. The lowest BCUT2D eigenvalue weighted by Gasteiger charge is -2.25. The number of para-hydroxylation sites is 2. The number of nitrogens with two attached hydrogens (primary N) is 1. The molecule has 1 aliphatic heterocycles. The van der Waals surface area contributed by atoms with Crippen molar-refractivity contribution in [2.75, 3.05) is 30.3 Å². The molecule has 2 aromatic carbocycles. The molecule has 0 spiro atoms. The number of carbonyl (C=O) groups excluding carboxylic acids is 2. The monoisotopic (exact) mass is 366 g/mol. The summed E-state index contributed by atoms with van der Waals surface area (Å²) in [5.74, 6) is 0.212. The van der Waals surface area contributed by atoms with E-state index < -0.39 is 0 Å². The Morgan fingerprint density at radius 3 is 2.56 bits per heavy atom. The molecule has 0 atom stereocenters. The van der Waals surface area contributed by atoms with Gasteiger partial charge in [0.15, 0.2) is 0 Å². The average Bonchev–Trinajstić information content (AvgIpc) is 3.09. The fraction of sp³-hybridized carbons (Fsp3) is 0.333. The van der Waals surface area contributed by atoms with E-state index in [0.717, 1.165) is 24.9 Å². The Bertz CT molecular complexity index is 779. The van der Waals surface area contributed by atoms with Gasteiger partial charge in [0.25, 0.3) is 0 Å². The highest BCUT2D eigenvalue weighted by molar-refractivity contribution is 5.95. The number of likely N-dealkylation sites (tertiary alicyclic amines) is 1. The van der Waals surface area contributed by atoms with E-state index in [0.29, 0.717) is 37.4 Å². The van der Waals surface area contributed by atoms with Crippen LogP contribution in [0, 0.1) is 0 Å². The molecule has 0 aliphatic carbocycles. The Labute approximate surface area is 159 Å². The second-order valence-electron chi connectivity index (χ2n) is 6.70. The highest BCUT2D eigenvalue weighted by atomic mass is 16.2. The number of benzene rings is 2. The fourth-order valence-electron chi connectivity index (χ4n) is 3.27. The van der Waals surface area contributed by atoms with Gasteiger partial charge in [-0.3, -0.25) is 9.69 Å². The van der Waals surface area contributed by atoms with E-state index in [2.05, 4.69) is 5.32 Å². The highest BCUT2D eigenvalue weighted by Gasteiger charge is 2.20. The summed E-state index contributed by atoms with van der Waals surface area (Å²) in [4.78, 5) is 28.0. The molecule has 1 heterocycles. The van der Waals surface area contributed by atoms with E-state index in [-0.39, 0.29) is 11.9 Å². The summed E-state index contributed by atoms with van der Waals surface area (Å²) in [6.45, 7) is 2.46. The maximum Gasteiger partial charge on any atom is 0.322 e. The number of hydrogen-bond donors (Lipinski definition) is 2. The molecule has 142 valence electrons. The van der Waals surface area contributed by atoms with Crippen molar-refractivity contribution >= 4 is 23.3 Å². The molecule has 0 bridgehead atoms. The van der Waals surface area contributed by atoms with Crippen LogP contribution in [-0.2, 0) is 11.3 Å². The van der Waals surface area contributed by atoms with Crippen LogP contribution in [0.3, 0.4) is 0 Å². The summed E-state index contributed by atoms with van der Waals surface area (Å²) < 4.78 is 0. The summed E-state index contributed by atoms with van der Waals surface area (Å²) in [6.07, 6.45) is 2.31. The molecule has 0 aromatic heterocycles. The van der Waals surface area contributed by atoms with Crippen LogP contribution < -0.4 is 16.0 Å². The number of nitrogens with zero attached hydrogens (tertiary/aromatic N) is 2. The van der Waals surface area contributed by atoms with Gasteiger partial charge in [-0.2, -0.15) is 0 Å². The van der Waals surface area contributed by atoms with Crippen LogP contribution >= 0.6 is 0 Å². The summed E-state index contributed by atoms with van der Waals surface area (Å²) in [7, 11) is 0. The van der Waals surface area contributed by atoms with E-state index in [4.69, 9.17) is 5.73 Å². The first-order valence-corrected chi connectivity index (χ1v) is 9.37. The van der Waals surface area contributed by atoms with Crippen LogP contribution in [0.15, 0.2) is 54.6 Å². The maximum absolute atomic E-state index is 12.8. The van der Waals surface area contributed by atoms with Crippen molar-refractivity contribution < 1.29 is 9.59 Å². The summed E-state index contributed by atoms with van der Waals surface area (Å²) in [6, 6.07) is 17.0. The van der Waals surface area contributed by atoms with Crippen molar-refractivity contribution in [1.29, 1.82) is 0 Å². The van der Waals surface area contributed by atoms with Crippen molar-refractivity contribution in [3.63, 3.8) is 0 Å². The molecule has 0 unspecified atom stereocenters. The van der Waals surface area contributed by atoms with Gasteiger partial charge in [-0.15, -0.1) is 0 Å². The quantitative estimate of drug-likeness (QED) is 0.584. The Balaban J connectivity index is 1.62. The molecule has 3 rings (SSSR count). The van der Waals surface area contributed by atoms with Gasteiger partial charge in [0.1, 0.15) is 0 Å². The molecule has 6 nitrogen and oxygen atoms in total. The topological polar surface area (TPSA) is 78.7 Å². The molecular weight excluding hydrogens is 340 g/mol. The van der Waals surface area contributed by atoms with Gasteiger partial charge >= 0.3 is 6.03 Å². The second kappa shape index (κ2) is 9.07. The largest absolute Gasteiger partial charge is 0.397 e. The third-order valence-corrected chi connectivity index (χ3v) is 4.71. The molecule has 0 radical (unpaired) electrons. The van der Waals surface area contributed by atoms with Crippen LogP contribution in [0.5, 0.6) is 0 Å². The lowest BCUT2D eigenvalue weighted by molar-refractivity contribution is -0.127. The number of amides is 3. The average molecular weight is 366 g/mol. The zero-order valence-electron chi connectivity index (χ0n) is 15.4. The van der Waals surface area contributed by atoms with Crippen LogP contribution in [-0.4, -0.2) is 36.5 Å². The van der Waals surface area contributed by atoms with Crippen molar-refractivity contribution in [3.8, 4) is 0 Å². The lowest BCUT2D eigenvalue weighted by Crippen LogP contribution is -2.41. The van der Waals surface area contributed by atoms with E-state index in [1.807, 2.05) is 53.4 Å². The number of carbonyl (C=O) groups is 2. The highest BCUT2D eigenvalue weighted by Crippen LogP contribution is 2.24. The first kappa shape index (κ1) is 18.8. The summed E-state index contributed by atoms with van der Waals surface area (Å²) >= 11 is 0. The zero-order valence-corrected chi connectivity index (χ0v) is 15.4. The standard InChI is InChI=1S/C21H26N4O2/c22-18-10-4-5-11-19(18)25(16-17-8-2-1-3-9-17)21(27)23-13-7-15-24-14-6-12-20(24)26/h1-5,8-11H,6-7,12-16,22H2,(H,23,27). The number of anilines is 2. The van der Waals surface area contributed by atoms with Gasteiger partial charge in [-0.05, 0) is 30.5 Å². The van der Waals surface area contributed by atoms with E-state index >= 15 is 0 Å². The third-order valence-electron chi connectivity index (χ3n) is 4.71. The van der Waals surface area contributed by atoms with Crippen LogP contribution in [0.1, 0.15) is 24.8 Å². The van der Waals surface area contributed by atoms with Gasteiger partial charge < -0.3 is 16.0 Å². The smallest absolute Gasteiger partial charge is 0.322 e. The summed E-state index contributed by atoms with van der Waals surface area (Å²) in [5.41, 5.74) is 8.38. The first-order chi connectivity index (χ1) is 13.1. The molecule has 3 N–H and O–H groups in total. The number of nitrogens with one attached hydrogen (secondary N) is 1. The van der Waals surface area contributed by atoms with E-state index in [9.17, 15) is 9.59 Å². The normalized spacial score (nSPS) is 13.6. The first-order valence-electron chi connectivity index (χ1n) is 9.37. The number of urea groups is 1. The van der Waals surface area contributed by atoms with Gasteiger partial charge in [-0.1, -0.05) is 42.5 Å². The van der Waals surface area contributed by atoms with Crippen molar-refractivity contribution in [2.24, 2.45) is 0 Å². The molecule has 1 aliphatic rings. The van der Waals surface area contributed by atoms with Gasteiger partial charge in [-0.25, -0.2) is 4.79 Å². The van der Waals surface area contributed by atoms with E-state index in [1.54, 1.807) is 11.0 Å². The van der Waals surface area contributed by atoms with Crippen LogP contribution in [0.4, 0.5) is 16.2 Å². The van der Waals surface area contributed by atoms with Crippen molar-refractivity contribution in [1.82, 2.24) is 10.2 Å². The molecule has 6 heteroatoms. The molecule has 2 aromatic rings. The lowest BCUT2D eigenvalue weighted by atomic mass is 10.2. The van der Waals surface area contributed by atoms with Crippen LogP contribution in [0.25, 0.3) is 0 Å².